The van der Waals surface area contributed by atoms with Crippen molar-refractivity contribution in [1.29, 1.82) is 0 Å². The van der Waals surface area contributed by atoms with Crippen LogP contribution in [-0.2, 0) is 30.5 Å². The summed E-state index contributed by atoms with van der Waals surface area (Å²) in [6, 6.07) is 6.46. The number of hydrogen-bond acceptors (Lipinski definition) is 5. The minimum absolute atomic E-state index is 0.198. The molecule has 0 radical (unpaired) electrons. The summed E-state index contributed by atoms with van der Waals surface area (Å²) in [5, 5.41) is 3.02. The molecule has 4 aromatic rings. The van der Waals surface area contributed by atoms with Gasteiger partial charge in [-0.1, -0.05) is 12.1 Å². The molecule has 0 aliphatic carbocycles. The van der Waals surface area contributed by atoms with Crippen molar-refractivity contribution in [3.05, 3.63) is 72.7 Å². The number of nitrogens with one attached hydrogen (secondary N) is 1. The normalized spacial score (nSPS) is 11.7. The van der Waals surface area contributed by atoms with Gasteiger partial charge < -0.3 is 5.32 Å². The van der Waals surface area contributed by atoms with E-state index < -0.39 is 9.84 Å². The second kappa shape index (κ2) is 7.13. The second-order valence-corrected chi connectivity index (χ2v) is 8.56. The SMILES string of the molecule is Cn1c[n+](C)cc1S(=O)(=O)c1ccc(CNC(=O)c2cnc3nccn3c2)cc1. The summed E-state index contributed by atoms with van der Waals surface area (Å²) < 4.78 is 30.5. The molecule has 1 aromatic carbocycles. The Bertz CT molecular complexity index is 1310. The number of carbonyl (C=O) groups excluding carboxylic acids is 1. The number of hydrogen-bond donors (Lipinski definition) is 1. The topological polar surface area (TPSA) is 102 Å². The van der Waals surface area contributed by atoms with Crippen molar-refractivity contribution in [2.75, 3.05) is 0 Å². The molecule has 0 unspecified atom stereocenters. The van der Waals surface area contributed by atoms with Crippen molar-refractivity contribution in [2.24, 2.45) is 14.1 Å². The summed E-state index contributed by atoms with van der Waals surface area (Å²) in [4.78, 5) is 20.7. The first-order valence-electron chi connectivity index (χ1n) is 8.77. The Kier molecular flexibility index (Phi) is 4.63. The lowest BCUT2D eigenvalue weighted by Gasteiger charge is -2.07. The molecule has 0 aliphatic rings. The van der Waals surface area contributed by atoms with Crippen LogP contribution in [0.3, 0.4) is 0 Å². The maximum absolute atomic E-state index is 12.8. The number of aryl methyl sites for hydroxylation is 2. The van der Waals surface area contributed by atoms with Crippen LogP contribution >= 0.6 is 0 Å². The van der Waals surface area contributed by atoms with Crippen LogP contribution in [0.25, 0.3) is 5.78 Å². The van der Waals surface area contributed by atoms with Crippen molar-refractivity contribution in [3.8, 4) is 0 Å². The maximum atomic E-state index is 12.8. The number of fused-ring (bicyclic) bond motifs is 1. The van der Waals surface area contributed by atoms with Gasteiger partial charge in [0.25, 0.3) is 10.9 Å². The minimum Gasteiger partial charge on any atom is -0.348 e. The van der Waals surface area contributed by atoms with Gasteiger partial charge in [-0.05, 0) is 17.7 Å². The Morgan fingerprint density at radius 1 is 1.21 bits per heavy atom. The van der Waals surface area contributed by atoms with Crippen LogP contribution in [0.5, 0.6) is 0 Å². The largest absolute Gasteiger partial charge is 0.348 e. The predicted molar refractivity (Wildman–Crippen MR) is 103 cm³/mol. The van der Waals surface area contributed by atoms with E-state index in [-0.39, 0.29) is 22.4 Å². The number of carbonyl (C=O) groups is 1. The molecule has 3 heterocycles. The van der Waals surface area contributed by atoms with Crippen molar-refractivity contribution < 1.29 is 17.8 Å². The minimum atomic E-state index is -3.62. The van der Waals surface area contributed by atoms with Gasteiger partial charge in [0.1, 0.15) is 6.20 Å². The molecular formula is C19H19N6O3S+. The molecule has 9 nitrogen and oxygen atoms in total. The van der Waals surface area contributed by atoms with Crippen molar-refractivity contribution in [3.63, 3.8) is 0 Å². The Labute approximate surface area is 167 Å². The van der Waals surface area contributed by atoms with Crippen molar-refractivity contribution >= 4 is 21.5 Å². The lowest BCUT2D eigenvalue weighted by atomic mass is 10.2. The number of aromatic nitrogens is 5. The highest BCUT2D eigenvalue weighted by molar-refractivity contribution is 7.91. The standard InChI is InChI=1S/C19H18N6O3S/c1-23-12-17(24(2)13-23)29(27,28)16-5-3-14(4-6-16)9-21-18(26)15-10-22-19-20-7-8-25(19)11-15/h3-8,10-13H,9H2,1-2H3/p+1. The van der Waals surface area contributed by atoms with Gasteiger partial charge in [-0.2, -0.15) is 0 Å². The van der Waals surface area contributed by atoms with E-state index in [4.69, 9.17) is 0 Å². The van der Waals surface area contributed by atoms with Gasteiger partial charge >= 0.3 is 0 Å². The van der Waals surface area contributed by atoms with Crippen LogP contribution in [0, 0.1) is 0 Å². The fourth-order valence-corrected chi connectivity index (χ4v) is 4.48. The van der Waals surface area contributed by atoms with E-state index in [1.165, 1.54) is 6.20 Å². The van der Waals surface area contributed by atoms with E-state index in [1.54, 1.807) is 83.0 Å². The van der Waals surface area contributed by atoms with Gasteiger partial charge in [0.2, 0.25) is 21.9 Å². The number of nitrogens with zero attached hydrogens (tertiary/aromatic N) is 5. The fraction of sp³-hybridized carbons (Fsp3) is 0.158. The van der Waals surface area contributed by atoms with E-state index in [0.29, 0.717) is 11.3 Å². The van der Waals surface area contributed by atoms with Crippen LogP contribution in [0.15, 0.2) is 71.5 Å². The lowest BCUT2D eigenvalue weighted by molar-refractivity contribution is -0.671. The molecule has 10 heteroatoms. The van der Waals surface area contributed by atoms with E-state index in [2.05, 4.69) is 15.3 Å². The Balaban J connectivity index is 1.46. The molecule has 1 N–H and O–H groups in total. The van der Waals surface area contributed by atoms with E-state index >= 15 is 0 Å². The van der Waals surface area contributed by atoms with Crippen LogP contribution in [0.2, 0.25) is 0 Å². The molecule has 0 atom stereocenters. The first-order valence-corrected chi connectivity index (χ1v) is 10.3. The van der Waals surface area contributed by atoms with E-state index in [1.807, 2.05) is 0 Å². The highest BCUT2D eigenvalue weighted by Crippen LogP contribution is 2.20. The summed E-state index contributed by atoms with van der Waals surface area (Å²) in [5.74, 6) is 0.242. The molecule has 0 spiro atoms. The second-order valence-electron chi connectivity index (χ2n) is 6.67. The smallest absolute Gasteiger partial charge is 0.263 e. The summed E-state index contributed by atoms with van der Waals surface area (Å²) in [5.41, 5.74) is 1.19. The number of rotatable bonds is 5. The summed E-state index contributed by atoms with van der Waals surface area (Å²) >= 11 is 0. The molecule has 0 saturated heterocycles. The molecule has 3 aromatic heterocycles. The number of benzene rings is 1. The van der Waals surface area contributed by atoms with Gasteiger partial charge in [0.05, 0.1) is 24.6 Å². The molecule has 0 bridgehead atoms. The van der Waals surface area contributed by atoms with Crippen molar-refractivity contribution in [1.82, 2.24) is 24.3 Å². The van der Waals surface area contributed by atoms with Gasteiger partial charge in [0.15, 0.2) is 0 Å². The number of sulfone groups is 1. The van der Waals surface area contributed by atoms with E-state index in [0.717, 1.165) is 5.56 Å². The fourth-order valence-electron chi connectivity index (χ4n) is 3.01. The zero-order valence-corrected chi connectivity index (χ0v) is 16.7. The zero-order chi connectivity index (χ0) is 20.6. The Morgan fingerprint density at radius 3 is 2.66 bits per heavy atom. The first-order chi connectivity index (χ1) is 13.8. The number of imidazole rings is 2. The van der Waals surface area contributed by atoms with Crippen LogP contribution in [-0.4, -0.2) is 33.3 Å². The molecule has 148 valence electrons. The highest BCUT2D eigenvalue weighted by atomic mass is 32.2. The van der Waals surface area contributed by atoms with Crippen LogP contribution < -0.4 is 9.88 Å². The number of amides is 1. The average Bonchev–Trinajstić information content (AvgIpc) is 3.31. The zero-order valence-electron chi connectivity index (χ0n) is 15.8. The molecule has 0 saturated carbocycles. The molecule has 4 rings (SSSR count). The lowest BCUT2D eigenvalue weighted by Crippen LogP contribution is -2.23. The highest BCUT2D eigenvalue weighted by Gasteiger charge is 2.26. The summed E-state index contributed by atoms with van der Waals surface area (Å²) in [6.45, 7) is 0.264. The molecule has 0 aliphatic heterocycles. The average molecular weight is 411 g/mol. The van der Waals surface area contributed by atoms with Gasteiger partial charge in [-0.25, -0.2) is 27.5 Å². The van der Waals surface area contributed by atoms with Gasteiger partial charge in [-0.15, -0.1) is 0 Å². The third-order valence-corrected chi connectivity index (χ3v) is 6.32. The van der Waals surface area contributed by atoms with Gasteiger partial charge in [0, 0.05) is 31.3 Å². The molecular weight excluding hydrogens is 392 g/mol. The summed E-state index contributed by atoms with van der Waals surface area (Å²) in [7, 11) is -0.161. The first kappa shape index (κ1) is 18.8. The monoisotopic (exact) mass is 411 g/mol. The quantitative estimate of drug-likeness (QED) is 0.486. The third kappa shape index (κ3) is 3.61. The van der Waals surface area contributed by atoms with Crippen LogP contribution in [0.4, 0.5) is 0 Å². The molecule has 0 fully saturated rings. The Hall–Kier alpha value is -3.53. The predicted octanol–water partition coefficient (Wildman–Crippen LogP) is 0.655. The van der Waals surface area contributed by atoms with Crippen molar-refractivity contribution in [2.45, 2.75) is 16.5 Å². The van der Waals surface area contributed by atoms with Gasteiger partial charge in [-0.3, -0.25) is 9.20 Å². The molecule has 29 heavy (non-hydrogen) atoms. The Morgan fingerprint density at radius 2 is 1.97 bits per heavy atom. The van der Waals surface area contributed by atoms with E-state index in [9.17, 15) is 13.2 Å². The summed E-state index contributed by atoms with van der Waals surface area (Å²) in [6.07, 6.45) is 9.69. The van der Waals surface area contributed by atoms with Crippen LogP contribution in [0.1, 0.15) is 15.9 Å². The third-order valence-electron chi connectivity index (χ3n) is 4.49. The maximum Gasteiger partial charge on any atom is 0.263 e. The molecule has 1 amide bonds.